The van der Waals surface area contributed by atoms with Crippen molar-refractivity contribution < 1.29 is 14.6 Å². The number of hydrogen-bond acceptors (Lipinski definition) is 7. The van der Waals surface area contributed by atoms with Gasteiger partial charge in [-0.2, -0.15) is 4.98 Å². The van der Waals surface area contributed by atoms with Gasteiger partial charge in [-0.3, -0.25) is 20.2 Å². The lowest BCUT2D eigenvalue weighted by atomic mass is 10.1. The fourth-order valence-electron chi connectivity index (χ4n) is 2.04. The molecule has 2 heterocycles. The number of amides is 2. The van der Waals surface area contributed by atoms with E-state index < -0.39 is 5.91 Å². The second-order valence-corrected chi connectivity index (χ2v) is 6.79. The van der Waals surface area contributed by atoms with Crippen molar-refractivity contribution in [3.8, 4) is 10.4 Å². The maximum Gasteiger partial charge on any atom is 0.333 e. The number of H-pyrrole nitrogens is 1. The van der Waals surface area contributed by atoms with E-state index in [1.165, 1.54) is 22.7 Å². The number of carbonyl (C=O) groups is 2. The van der Waals surface area contributed by atoms with Crippen molar-refractivity contribution in [1.82, 2.24) is 10.3 Å². The summed E-state index contributed by atoms with van der Waals surface area (Å²) in [4.78, 5) is 32.3. The van der Waals surface area contributed by atoms with Gasteiger partial charge in [0.25, 0.3) is 5.91 Å². The van der Waals surface area contributed by atoms with Gasteiger partial charge in [-0.1, -0.05) is 53.0 Å². The van der Waals surface area contributed by atoms with E-state index in [1.807, 2.05) is 30.3 Å². The Balaban J connectivity index is 1.95. The number of hydrogen-bond donors (Lipinski definition) is 4. The van der Waals surface area contributed by atoms with Crippen LogP contribution in [0.4, 0.5) is 5.13 Å². The second-order valence-electron chi connectivity index (χ2n) is 4.88. The molecule has 7 N–H and O–H groups in total. The fourth-order valence-corrected chi connectivity index (χ4v) is 3.57. The zero-order chi connectivity index (χ0) is 18.5. The van der Waals surface area contributed by atoms with Crippen LogP contribution in [-0.4, -0.2) is 22.8 Å². The zero-order valence-corrected chi connectivity index (χ0v) is 14.9. The molecule has 0 spiro atoms. The highest BCUT2D eigenvalue weighted by Gasteiger charge is 2.23. The molecule has 0 aliphatic rings. The molecule has 0 unspecified atom stereocenters. The number of rotatable bonds is 4. The van der Waals surface area contributed by atoms with Gasteiger partial charge in [0, 0.05) is 0 Å². The summed E-state index contributed by atoms with van der Waals surface area (Å²) in [5.74, 6) is 3.89. The van der Waals surface area contributed by atoms with Gasteiger partial charge in [-0.05, 0) is 5.56 Å². The van der Waals surface area contributed by atoms with E-state index in [-0.39, 0.29) is 22.7 Å². The van der Waals surface area contributed by atoms with Crippen molar-refractivity contribution >= 4 is 45.6 Å². The molecule has 2 aromatic heterocycles. The number of nitrogens with one attached hydrogen (secondary N) is 3. The van der Waals surface area contributed by atoms with Crippen LogP contribution in [0.15, 0.2) is 47.0 Å². The summed E-state index contributed by atoms with van der Waals surface area (Å²) < 4.78 is 0. The third-order valence-electron chi connectivity index (χ3n) is 3.15. The minimum absolute atomic E-state index is 0.109. The predicted octanol–water partition coefficient (Wildman–Crippen LogP) is 0.856. The van der Waals surface area contributed by atoms with Crippen molar-refractivity contribution in [3.05, 3.63) is 52.6 Å². The Morgan fingerprint density at radius 2 is 1.96 bits per heavy atom. The molecule has 0 fully saturated rings. The number of aromatic nitrogens is 2. The van der Waals surface area contributed by atoms with Gasteiger partial charge in [-0.15, -0.1) is 5.10 Å². The van der Waals surface area contributed by atoms with E-state index in [0.29, 0.717) is 9.88 Å². The average molecular weight is 388 g/mol. The molecule has 3 rings (SSSR count). The van der Waals surface area contributed by atoms with Crippen molar-refractivity contribution in [2.75, 3.05) is 5.32 Å². The second kappa shape index (κ2) is 7.72. The molecule has 0 radical (unpaired) electrons. The molecule has 0 bridgehead atoms. The van der Waals surface area contributed by atoms with Crippen LogP contribution in [0.2, 0.25) is 0 Å². The predicted molar refractivity (Wildman–Crippen MR) is 99.7 cm³/mol. The summed E-state index contributed by atoms with van der Waals surface area (Å²) >= 11 is 2.44. The fraction of sp³-hybridized carbons (Fsp3) is 0. The van der Waals surface area contributed by atoms with Crippen molar-refractivity contribution in [2.45, 2.75) is 0 Å². The Labute approximate surface area is 155 Å². The minimum atomic E-state index is -0.574. The first kappa shape index (κ1) is 17.5. The summed E-state index contributed by atoms with van der Waals surface area (Å²) in [6.07, 6.45) is 1.66. The number of nitrogens with zero attached hydrogens (tertiary/aromatic N) is 2. The van der Waals surface area contributed by atoms with E-state index in [2.05, 4.69) is 25.7 Å². The maximum atomic E-state index is 12.4. The molecule has 2 amide bonds. The lowest BCUT2D eigenvalue weighted by Gasteiger charge is -2.03. The summed E-state index contributed by atoms with van der Waals surface area (Å²) in [6.45, 7) is 0. The van der Waals surface area contributed by atoms with Gasteiger partial charge < -0.3 is 11.6 Å². The molecule has 9 nitrogen and oxygen atoms in total. The maximum absolute atomic E-state index is 12.4. The highest BCUT2D eigenvalue weighted by Crippen LogP contribution is 2.33. The molecule has 132 valence electrons. The lowest BCUT2D eigenvalue weighted by molar-refractivity contribution is -0.374. The van der Waals surface area contributed by atoms with E-state index >= 15 is 0 Å². The molecule has 0 atom stereocenters. The van der Waals surface area contributed by atoms with Crippen LogP contribution < -0.4 is 27.2 Å². The topological polar surface area (TPSA) is 150 Å². The SMILES string of the molecule is N/N=C(\N)NC(=O)c1nc(NC(=O)c2[nH+]ccs2)sc1-c1ccccc1. The molecule has 3 aromatic rings. The molecule has 0 aliphatic carbocycles. The lowest BCUT2D eigenvalue weighted by Crippen LogP contribution is -2.37. The number of anilines is 1. The molecular weight excluding hydrogens is 374 g/mol. The number of hydrazone groups is 1. The molecule has 1 aromatic carbocycles. The van der Waals surface area contributed by atoms with Gasteiger partial charge in [0.1, 0.15) is 5.69 Å². The Bertz CT molecular complexity index is 952. The number of aromatic amines is 1. The number of benzene rings is 1. The van der Waals surface area contributed by atoms with Crippen molar-refractivity contribution in [3.63, 3.8) is 0 Å². The van der Waals surface area contributed by atoms with Crippen molar-refractivity contribution in [2.24, 2.45) is 16.7 Å². The highest BCUT2D eigenvalue weighted by molar-refractivity contribution is 7.19. The van der Waals surface area contributed by atoms with E-state index in [9.17, 15) is 9.59 Å². The van der Waals surface area contributed by atoms with E-state index in [4.69, 9.17) is 11.6 Å². The normalized spacial score (nSPS) is 11.2. The van der Waals surface area contributed by atoms with Gasteiger partial charge in [-0.25, -0.2) is 4.98 Å². The minimum Gasteiger partial charge on any atom is -0.368 e. The molecule has 0 aliphatic heterocycles. The molecule has 0 saturated carbocycles. The summed E-state index contributed by atoms with van der Waals surface area (Å²) in [7, 11) is 0. The smallest absolute Gasteiger partial charge is 0.333 e. The molecule has 11 heteroatoms. The number of carbonyl (C=O) groups excluding carboxylic acids is 2. The van der Waals surface area contributed by atoms with Crippen LogP contribution in [0.25, 0.3) is 10.4 Å². The Morgan fingerprint density at radius 1 is 1.19 bits per heavy atom. The van der Waals surface area contributed by atoms with Gasteiger partial charge in [0.2, 0.25) is 5.96 Å². The van der Waals surface area contributed by atoms with Gasteiger partial charge in [0.15, 0.2) is 11.3 Å². The third kappa shape index (κ3) is 3.84. The average Bonchev–Trinajstić information content (AvgIpc) is 3.32. The molecular formula is C15H14N7O2S2+. The molecule has 0 saturated heterocycles. The first-order valence-electron chi connectivity index (χ1n) is 7.26. The zero-order valence-electron chi connectivity index (χ0n) is 13.2. The quantitative estimate of drug-likeness (QED) is 0.226. The van der Waals surface area contributed by atoms with Crippen LogP contribution in [0, 0.1) is 0 Å². The Morgan fingerprint density at radius 3 is 2.62 bits per heavy atom. The largest absolute Gasteiger partial charge is 0.368 e. The van der Waals surface area contributed by atoms with Gasteiger partial charge >= 0.3 is 10.9 Å². The monoisotopic (exact) mass is 388 g/mol. The van der Waals surface area contributed by atoms with Gasteiger partial charge in [0.05, 0.1) is 10.3 Å². The standard InChI is InChI=1S/C15H13N7O2S2/c16-14(22-17)20-11(23)9-10(8-4-2-1-3-5-8)26-15(19-9)21-12(24)13-18-6-7-25-13/h1-7H,17H2,(H,19,21,24)(H3,16,20,22,23)/p+1. The third-order valence-corrected chi connectivity index (χ3v) is 4.98. The number of thiazole rings is 2. The van der Waals surface area contributed by atoms with Crippen LogP contribution in [0.5, 0.6) is 0 Å². The van der Waals surface area contributed by atoms with E-state index in [1.54, 1.807) is 11.6 Å². The molecule has 26 heavy (non-hydrogen) atoms. The van der Waals surface area contributed by atoms with E-state index in [0.717, 1.165) is 5.56 Å². The number of guanidine groups is 1. The Hall–Kier alpha value is -3.31. The van der Waals surface area contributed by atoms with Crippen LogP contribution in [-0.2, 0) is 0 Å². The first-order valence-corrected chi connectivity index (χ1v) is 8.95. The summed E-state index contributed by atoms with van der Waals surface area (Å²) in [5, 5.41) is 10.7. The first-order chi connectivity index (χ1) is 12.6. The van der Waals surface area contributed by atoms with Crippen LogP contribution >= 0.6 is 22.7 Å². The number of nitrogens with two attached hydrogens (primary N) is 2. The summed E-state index contributed by atoms with van der Waals surface area (Å²) in [6, 6.07) is 9.21. The summed E-state index contributed by atoms with van der Waals surface area (Å²) in [5.41, 5.74) is 6.34. The highest BCUT2D eigenvalue weighted by atomic mass is 32.1. The van der Waals surface area contributed by atoms with Crippen LogP contribution in [0.3, 0.4) is 0 Å². The van der Waals surface area contributed by atoms with Crippen molar-refractivity contribution in [1.29, 1.82) is 0 Å². The van der Waals surface area contributed by atoms with Crippen LogP contribution in [0.1, 0.15) is 20.3 Å². The Kier molecular flexibility index (Phi) is 5.20.